The summed E-state index contributed by atoms with van der Waals surface area (Å²) in [5, 5.41) is 25.5. The number of benzene rings is 5. The number of carbonyl (C=O) groups excluding carboxylic acids is 2. The van der Waals surface area contributed by atoms with Gasteiger partial charge in [0.25, 0.3) is 0 Å². The smallest absolute Gasteiger partial charge is 0.202 e. The number of Topliss-reactive ketones (excluding diaryl/α,β-unsaturated/α-hetero) is 1. The predicted molar refractivity (Wildman–Crippen MR) is 235 cm³/mol. The molecule has 2 aliphatic heterocycles. The highest BCUT2D eigenvalue weighted by Gasteiger charge is 2.43. The molecule has 0 radical (unpaired) electrons. The van der Waals surface area contributed by atoms with Crippen LogP contribution in [0, 0.1) is 0 Å². The molecule has 0 aromatic heterocycles. The van der Waals surface area contributed by atoms with Crippen molar-refractivity contribution < 1.29 is 19.8 Å². The lowest BCUT2D eigenvalue weighted by Gasteiger charge is -2.36. The van der Waals surface area contributed by atoms with Crippen LogP contribution < -0.4 is 4.90 Å². The number of phenolic OH excluding ortho intramolecular Hbond substituents is 1. The standard InChI is InChI=1S/C52H52N2O4/c1-51(2,33-17-9-5-10-18-33)35-21-23-37-39(29-35)41(53-25-13-7-14-26-53)31-43(55)45(37)47-49(57)48(50(47)58)46-38-24-22-36(52(3,4)34-19-11-6-12-20-34)30-40(38)42(32-44(46)56)54-27-15-8-16-28-54/h5-6,9-12,17-24,29-32,55,57H,7-8,13-16,25-28H2,1-4H3/b48-46+. The van der Waals surface area contributed by atoms with Gasteiger partial charge in [-0.2, -0.15) is 0 Å². The summed E-state index contributed by atoms with van der Waals surface area (Å²) in [7, 11) is 0. The van der Waals surface area contributed by atoms with Crippen LogP contribution in [0.1, 0.15) is 105 Å². The minimum Gasteiger partial charge on any atom is -0.507 e. The number of anilines is 1. The molecular formula is C52H52N2O4. The van der Waals surface area contributed by atoms with E-state index in [1.165, 1.54) is 17.5 Å². The predicted octanol–water partition coefficient (Wildman–Crippen LogP) is 10.9. The van der Waals surface area contributed by atoms with Crippen molar-refractivity contribution in [3.8, 4) is 5.75 Å². The molecule has 9 rings (SSSR count). The van der Waals surface area contributed by atoms with Gasteiger partial charge in [-0.15, -0.1) is 0 Å². The van der Waals surface area contributed by atoms with Crippen LogP contribution in [-0.4, -0.2) is 52.9 Å². The maximum absolute atomic E-state index is 14.6. The number of rotatable bonds is 7. The number of carbonyl (C=O) groups is 2. The van der Waals surface area contributed by atoms with Gasteiger partial charge in [0.1, 0.15) is 11.5 Å². The van der Waals surface area contributed by atoms with Crippen LogP contribution in [0.15, 0.2) is 121 Å². The zero-order chi connectivity index (χ0) is 40.3. The van der Waals surface area contributed by atoms with Crippen molar-refractivity contribution in [2.75, 3.05) is 31.1 Å². The van der Waals surface area contributed by atoms with E-state index in [4.69, 9.17) is 0 Å². The molecule has 6 nitrogen and oxygen atoms in total. The number of piperidine rings is 2. The third-order valence-corrected chi connectivity index (χ3v) is 13.4. The average molecular weight is 769 g/mol. The van der Waals surface area contributed by atoms with Crippen molar-refractivity contribution in [2.24, 2.45) is 0 Å². The summed E-state index contributed by atoms with van der Waals surface area (Å²) >= 11 is 0. The molecule has 2 fully saturated rings. The average Bonchev–Trinajstić information content (AvgIpc) is 3.26. The fourth-order valence-corrected chi connectivity index (χ4v) is 9.77. The van der Waals surface area contributed by atoms with Gasteiger partial charge in [0.15, 0.2) is 5.78 Å². The molecular weight excluding hydrogens is 717 g/mol. The minimum atomic E-state index is -0.439. The second kappa shape index (κ2) is 14.5. The first kappa shape index (κ1) is 37.7. The summed E-state index contributed by atoms with van der Waals surface area (Å²) in [5.41, 5.74) is 7.85. The lowest BCUT2D eigenvalue weighted by molar-refractivity contribution is -0.113. The SMILES string of the molecule is CC(C)(c1ccccc1)c1ccc2c(c1)C(N1CCCCC1)=CC(=O)/C2=C1/C(=O)C(c2c(O)cc(N3CCCCC3)c3cc(C(C)(C)c4ccccc4)ccc23)=C1O. The highest BCUT2D eigenvalue weighted by Crippen LogP contribution is 2.51. The first-order valence-electron chi connectivity index (χ1n) is 21.0. The summed E-state index contributed by atoms with van der Waals surface area (Å²) in [6, 6.07) is 35.0. The number of aromatic hydroxyl groups is 1. The number of likely N-dealkylation sites (tertiary alicyclic amines) is 1. The van der Waals surface area contributed by atoms with Crippen molar-refractivity contribution in [3.05, 3.63) is 159 Å². The number of hydrogen-bond acceptors (Lipinski definition) is 6. The molecule has 6 heteroatoms. The normalized spacial score (nSPS) is 19.0. The molecule has 0 amide bonds. The van der Waals surface area contributed by atoms with E-state index >= 15 is 0 Å². The van der Waals surface area contributed by atoms with Gasteiger partial charge in [-0.3, -0.25) is 9.59 Å². The van der Waals surface area contributed by atoms with Crippen LogP contribution in [-0.2, 0) is 20.4 Å². The number of nitrogens with zero attached hydrogens (tertiary/aromatic N) is 2. The van der Waals surface area contributed by atoms with E-state index in [0.717, 1.165) is 91.7 Å². The number of ketones is 2. The molecule has 5 aromatic carbocycles. The summed E-state index contributed by atoms with van der Waals surface area (Å²) in [4.78, 5) is 33.6. The lowest BCUT2D eigenvalue weighted by atomic mass is 9.72. The number of allylic oxidation sites excluding steroid dienone is 4. The molecule has 0 bridgehead atoms. The highest BCUT2D eigenvalue weighted by molar-refractivity contribution is 6.48. The van der Waals surface area contributed by atoms with E-state index in [0.29, 0.717) is 16.5 Å². The fraction of sp³-hybridized carbons (Fsp3) is 0.308. The van der Waals surface area contributed by atoms with Crippen molar-refractivity contribution >= 4 is 44.9 Å². The van der Waals surface area contributed by atoms with E-state index < -0.39 is 5.78 Å². The maximum atomic E-state index is 14.6. The van der Waals surface area contributed by atoms with E-state index in [1.807, 2.05) is 24.3 Å². The summed E-state index contributed by atoms with van der Waals surface area (Å²) < 4.78 is 0. The third kappa shape index (κ3) is 6.16. The Bertz CT molecular complexity index is 2570. The van der Waals surface area contributed by atoms with Gasteiger partial charge in [0, 0.05) is 82.6 Å². The largest absolute Gasteiger partial charge is 0.507 e. The van der Waals surface area contributed by atoms with E-state index in [9.17, 15) is 19.8 Å². The van der Waals surface area contributed by atoms with Crippen LogP contribution in [0.5, 0.6) is 5.75 Å². The summed E-state index contributed by atoms with van der Waals surface area (Å²) in [6.07, 6.45) is 8.22. The monoisotopic (exact) mass is 768 g/mol. The number of aliphatic hydroxyl groups excluding tert-OH is 1. The van der Waals surface area contributed by atoms with Gasteiger partial charge < -0.3 is 20.0 Å². The maximum Gasteiger partial charge on any atom is 0.202 e. The summed E-state index contributed by atoms with van der Waals surface area (Å²) in [5.74, 6) is -1.04. The number of aliphatic hydroxyl groups is 1. The van der Waals surface area contributed by atoms with Gasteiger partial charge in [-0.1, -0.05) is 113 Å². The van der Waals surface area contributed by atoms with E-state index in [2.05, 4.69) is 110 Å². The highest BCUT2D eigenvalue weighted by atomic mass is 16.3. The third-order valence-electron chi connectivity index (χ3n) is 13.4. The first-order chi connectivity index (χ1) is 28.0. The van der Waals surface area contributed by atoms with Crippen LogP contribution in [0.2, 0.25) is 0 Å². The van der Waals surface area contributed by atoms with Crippen molar-refractivity contribution in [1.29, 1.82) is 0 Å². The molecule has 0 spiro atoms. The van der Waals surface area contributed by atoms with Gasteiger partial charge in [-0.25, -0.2) is 0 Å². The fourth-order valence-electron chi connectivity index (χ4n) is 9.77. The second-order valence-electron chi connectivity index (χ2n) is 17.6. The molecule has 2 saturated heterocycles. The van der Waals surface area contributed by atoms with Crippen LogP contribution in [0.25, 0.3) is 27.6 Å². The molecule has 2 aliphatic carbocycles. The van der Waals surface area contributed by atoms with Crippen LogP contribution in [0.3, 0.4) is 0 Å². The van der Waals surface area contributed by atoms with Gasteiger partial charge in [-0.05, 0) is 83.9 Å². The molecule has 0 atom stereocenters. The topological polar surface area (TPSA) is 81.1 Å². The second-order valence-corrected chi connectivity index (χ2v) is 17.6. The summed E-state index contributed by atoms with van der Waals surface area (Å²) in [6.45, 7) is 12.3. The van der Waals surface area contributed by atoms with Crippen molar-refractivity contribution in [1.82, 2.24) is 4.90 Å². The zero-order valence-corrected chi connectivity index (χ0v) is 34.1. The number of phenols is 1. The Morgan fingerprint density at radius 1 is 0.517 bits per heavy atom. The van der Waals surface area contributed by atoms with Gasteiger partial charge in [0.2, 0.25) is 5.78 Å². The molecule has 0 saturated carbocycles. The molecule has 4 aliphatic rings. The quantitative estimate of drug-likeness (QED) is 0.161. The van der Waals surface area contributed by atoms with Gasteiger partial charge >= 0.3 is 0 Å². The molecule has 294 valence electrons. The van der Waals surface area contributed by atoms with Gasteiger partial charge in [0.05, 0.1) is 11.1 Å². The number of hydrogen-bond donors (Lipinski definition) is 2. The molecule has 0 unspecified atom stereocenters. The Labute approximate surface area is 341 Å². The molecule has 58 heavy (non-hydrogen) atoms. The minimum absolute atomic E-state index is 0.0137. The van der Waals surface area contributed by atoms with Crippen molar-refractivity contribution in [2.45, 2.75) is 77.0 Å². The Morgan fingerprint density at radius 2 is 1.07 bits per heavy atom. The Kier molecular flexibility index (Phi) is 9.42. The van der Waals surface area contributed by atoms with Crippen LogP contribution >= 0.6 is 0 Å². The molecule has 2 N–H and O–H groups in total. The van der Waals surface area contributed by atoms with Crippen molar-refractivity contribution in [3.63, 3.8) is 0 Å². The Morgan fingerprint density at radius 3 is 1.66 bits per heavy atom. The van der Waals surface area contributed by atoms with Crippen LogP contribution in [0.4, 0.5) is 5.69 Å². The lowest BCUT2D eigenvalue weighted by Crippen LogP contribution is -2.32. The van der Waals surface area contributed by atoms with E-state index in [-0.39, 0.29) is 44.8 Å². The first-order valence-corrected chi connectivity index (χ1v) is 21.0. The van der Waals surface area contributed by atoms with E-state index in [1.54, 1.807) is 12.1 Å². The Balaban J connectivity index is 1.20. The molecule has 2 heterocycles. The molecule has 5 aromatic rings. The zero-order valence-electron chi connectivity index (χ0n) is 34.1. The number of fused-ring (bicyclic) bond motifs is 2. The Hall–Kier alpha value is -5.88.